The van der Waals surface area contributed by atoms with Gasteiger partial charge in [-0.2, -0.15) is 0 Å². The fraction of sp³-hybridized carbons (Fsp3) is 0. The molecule has 10 aromatic rings. The lowest BCUT2D eigenvalue weighted by molar-refractivity contribution is 1.29. The Morgan fingerprint density at radius 1 is 0.182 bits per heavy atom. The molecule has 10 rings (SSSR count). The van der Waals surface area contributed by atoms with Gasteiger partial charge in [-0.1, -0.05) is 164 Å². The number of fused-ring (bicyclic) bond motifs is 3. The molecule has 0 spiro atoms. The summed E-state index contributed by atoms with van der Waals surface area (Å²) in [5.41, 5.74) is 13.2. The Morgan fingerprint density at radius 3 is 0.891 bits per heavy atom. The van der Waals surface area contributed by atoms with Crippen LogP contribution in [-0.4, -0.2) is 0 Å². The zero-order chi connectivity index (χ0) is 36.6. The SMILES string of the molecule is c1ccc(N(c2ccccc2)c2ccc3cc(-c4ccc(-c5ccc6cc(-c7ccc(-c8ccc9ccccc9c8)cc7)ccc6c5)cc4)ccc3c2)cc1. The molecule has 0 saturated heterocycles. The molecule has 0 aliphatic heterocycles. The average Bonchev–Trinajstić information content (AvgIpc) is 3.26. The molecule has 0 atom stereocenters. The second-order valence-electron chi connectivity index (χ2n) is 14.2. The lowest BCUT2D eigenvalue weighted by Gasteiger charge is -2.25. The second-order valence-corrected chi connectivity index (χ2v) is 14.2. The first-order valence-electron chi connectivity index (χ1n) is 18.9. The van der Waals surface area contributed by atoms with Gasteiger partial charge < -0.3 is 4.90 Å². The first-order valence-corrected chi connectivity index (χ1v) is 18.9. The van der Waals surface area contributed by atoms with Gasteiger partial charge in [0, 0.05) is 17.1 Å². The quantitative estimate of drug-likeness (QED) is 0.160. The molecule has 0 aromatic heterocycles. The van der Waals surface area contributed by atoms with Crippen LogP contribution in [0.2, 0.25) is 0 Å². The minimum Gasteiger partial charge on any atom is -0.310 e. The molecule has 10 aromatic carbocycles. The average molecular weight is 700 g/mol. The van der Waals surface area contributed by atoms with Crippen LogP contribution < -0.4 is 4.90 Å². The van der Waals surface area contributed by atoms with Crippen molar-refractivity contribution in [3.8, 4) is 44.5 Å². The van der Waals surface area contributed by atoms with Gasteiger partial charge >= 0.3 is 0 Å². The molecule has 1 heteroatoms. The number of hydrogen-bond acceptors (Lipinski definition) is 1. The number of nitrogens with zero attached hydrogens (tertiary/aromatic N) is 1. The van der Waals surface area contributed by atoms with Crippen LogP contribution in [0.5, 0.6) is 0 Å². The third kappa shape index (κ3) is 6.43. The molecule has 0 unspecified atom stereocenters. The highest BCUT2D eigenvalue weighted by molar-refractivity contribution is 5.94. The first kappa shape index (κ1) is 32.4. The maximum absolute atomic E-state index is 2.31. The highest BCUT2D eigenvalue weighted by Crippen LogP contribution is 2.37. The molecule has 0 heterocycles. The smallest absolute Gasteiger partial charge is 0.0468 e. The van der Waals surface area contributed by atoms with Gasteiger partial charge in [0.15, 0.2) is 0 Å². The molecule has 0 N–H and O–H groups in total. The van der Waals surface area contributed by atoms with E-state index in [4.69, 9.17) is 0 Å². The number of para-hydroxylation sites is 2. The third-order valence-corrected chi connectivity index (χ3v) is 10.8. The van der Waals surface area contributed by atoms with E-state index >= 15 is 0 Å². The van der Waals surface area contributed by atoms with Crippen molar-refractivity contribution in [2.75, 3.05) is 4.90 Å². The van der Waals surface area contributed by atoms with Gasteiger partial charge in [0.25, 0.3) is 0 Å². The van der Waals surface area contributed by atoms with Crippen molar-refractivity contribution in [3.05, 3.63) is 224 Å². The van der Waals surface area contributed by atoms with E-state index in [0.29, 0.717) is 0 Å². The Bertz CT molecular complexity index is 2910. The summed E-state index contributed by atoms with van der Waals surface area (Å²) in [6, 6.07) is 81.4. The van der Waals surface area contributed by atoms with E-state index in [2.05, 4.69) is 229 Å². The van der Waals surface area contributed by atoms with E-state index in [1.165, 1.54) is 76.8 Å². The van der Waals surface area contributed by atoms with E-state index in [-0.39, 0.29) is 0 Å². The molecule has 55 heavy (non-hydrogen) atoms. The second kappa shape index (κ2) is 14.0. The van der Waals surface area contributed by atoms with Crippen LogP contribution in [0, 0.1) is 0 Å². The summed E-state index contributed by atoms with van der Waals surface area (Å²) in [6.45, 7) is 0. The van der Waals surface area contributed by atoms with E-state index in [0.717, 1.165) is 17.1 Å². The fourth-order valence-electron chi connectivity index (χ4n) is 7.84. The minimum atomic E-state index is 1.14. The Labute approximate surface area is 322 Å². The fourth-order valence-corrected chi connectivity index (χ4v) is 7.84. The molecule has 0 aliphatic rings. The largest absolute Gasteiger partial charge is 0.310 e. The molecule has 0 aliphatic carbocycles. The molecule has 0 fully saturated rings. The molecule has 0 amide bonds. The van der Waals surface area contributed by atoms with Crippen molar-refractivity contribution >= 4 is 49.4 Å². The molecular formula is C54H37N. The van der Waals surface area contributed by atoms with Crippen LogP contribution in [0.25, 0.3) is 76.8 Å². The summed E-state index contributed by atoms with van der Waals surface area (Å²) in [6.07, 6.45) is 0. The van der Waals surface area contributed by atoms with Crippen molar-refractivity contribution in [1.82, 2.24) is 0 Å². The normalized spacial score (nSPS) is 11.3. The van der Waals surface area contributed by atoms with Crippen LogP contribution in [-0.2, 0) is 0 Å². The summed E-state index contributed by atoms with van der Waals surface area (Å²) >= 11 is 0. The van der Waals surface area contributed by atoms with Crippen LogP contribution >= 0.6 is 0 Å². The summed E-state index contributed by atoms with van der Waals surface area (Å²) in [5, 5.41) is 7.46. The summed E-state index contributed by atoms with van der Waals surface area (Å²) in [5.74, 6) is 0. The van der Waals surface area contributed by atoms with E-state index in [1.54, 1.807) is 0 Å². The zero-order valence-corrected chi connectivity index (χ0v) is 30.3. The van der Waals surface area contributed by atoms with Crippen molar-refractivity contribution < 1.29 is 0 Å². The monoisotopic (exact) mass is 699 g/mol. The Kier molecular flexibility index (Phi) is 8.24. The van der Waals surface area contributed by atoms with Crippen molar-refractivity contribution in [1.29, 1.82) is 0 Å². The molecule has 258 valence electrons. The van der Waals surface area contributed by atoms with Crippen LogP contribution in [0.1, 0.15) is 0 Å². The third-order valence-electron chi connectivity index (χ3n) is 10.8. The van der Waals surface area contributed by atoms with Gasteiger partial charge in [0.2, 0.25) is 0 Å². The van der Waals surface area contributed by atoms with Gasteiger partial charge in [-0.3, -0.25) is 0 Å². The van der Waals surface area contributed by atoms with Crippen molar-refractivity contribution in [2.24, 2.45) is 0 Å². The summed E-state index contributed by atoms with van der Waals surface area (Å²) in [4.78, 5) is 2.31. The van der Waals surface area contributed by atoms with E-state index < -0.39 is 0 Å². The number of hydrogen-bond donors (Lipinski definition) is 0. The minimum absolute atomic E-state index is 1.14. The van der Waals surface area contributed by atoms with Gasteiger partial charge in [0.05, 0.1) is 0 Å². The van der Waals surface area contributed by atoms with Crippen LogP contribution in [0.3, 0.4) is 0 Å². The predicted octanol–water partition coefficient (Wildman–Crippen LogP) is 15.3. The number of benzene rings is 10. The topological polar surface area (TPSA) is 3.24 Å². The van der Waals surface area contributed by atoms with E-state index in [1.807, 2.05) is 0 Å². The molecule has 0 bridgehead atoms. The Balaban J connectivity index is 0.873. The maximum Gasteiger partial charge on any atom is 0.0468 e. The first-order chi connectivity index (χ1) is 27.2. The van der Waals surface area contributed by atoms with Gasteiger partial charge in [-0.15, -0.1) is 0 Å². The molecule has 0 radical (unpaired) electrons. The Morgan fingerprint density at radius 2 is 0.473 bits per heavy atom. The summed E-state index contributed by atoms with van der Waals surface area (Å²) in [7, 11) is 0. The lowest BCUT2D eigenvalue weighted by atomic mass is 9.95. The highest BCUT2D eigenvalue weighted by Gasteiger charge is 2.13. The molecule has 1 nitrogen and oxygen atoms in total. The van der Waals surface area contributed by atoms with E-state index in [9.17, 15) is 0 Å². The van der Waals surface area contributed by atoms with Crippen LogP contribution in [0.4, 0.5) is 17.1 Å². The van der Waals surface area contributed by atoms with Gasteiger partial charge in [-0.05, 0) is 137 Å². The zero-order valence-electron chi connectivity index (χ0n) is 30.3. The lowest BCUT2D eigenvalue weighted by Crippen LogP contribution is -2.09. The van der Waals surface area contributed by atoms with Crippen molar-refractivity contribution in [2.45, 2.75) is 0 Å². The number of rotatable bonds is 7. The Hall–Kier alpha value is -7.22. The van der Waals surface area contributed by atoms with Gasteiger partial charge in [0.1, 0.15) is 0 Å². The summed E-state index contributed by atoms with van der Waals surface area (Å²) < 4.78 is 0. The molecule has 0 saturated carbocycles. The molecular weight excluding hydrogens is 663 g/mol. The predicted molar refractivity (Wildman–Crippen MR) is 235 cm³/mol. The van der Waals surface area contributed by atoms with Crippen LogP contribution in [0.15, 0.2) is 224 Å². The van der Waals surface area contributed by atoms with Crippen molar-refractivity contribution in [3.63, 3.8) is 0 Å². The standard InChI is InChI=1S/C54H37N/c1-3-11-52(12-4-1)55(53-13-5-2-6-14-53)54-32-31-50-36-47(27-30-51(50)37-54)42-21-19-41(20-22-42)46-26-29-48-34-45(25-28-49(48)35-46)40-17-15-39(16-18-40)44-24-23-38-9-7-8-10-43(38)33-44/h1-37H. The number of anilines is 3. The van der Waals surface area contributed by atoms with Gasteiger partial charge in [-0.25, -0.2) is 0 Å². The highest BCUT2D eigenvalue weighted by atomic mass is 15.1. The maximum atomic E-state index is 2.31.